The lowest BCUT2D eigenvalue weighted by atomic mass is 9.97. The zero-order valence-electron chi connectivity index (χ0n) is 19.6. The van der Waals surface area contributed by atoms with Crippen molar-refractivity contribution in [2.24, 2.45) is 5.10 Å². The first-order valence-electron chi connectivity index (χ1n) is 11.6. The Morgan fingerprint density at radius 3 is 2.46 bits per heavy atom. The number of anilines is 1. The Kier molecular flexibility index (Phi) is 6.34. The predicted molar refractivity (Wildman–Crippen MR) is 139 cm³/mol. The minimum atomic E-state index is -0.870. The number of hydrogen-bond donors (Lipinski definition) is 1. The van der Waals surface area contributed by atoms with Gasteiger partial charge in [-0.2, -0.15) is 5.10 Å². The Morgan fingerprint density at radius 1 is 0.973 bits per heavy atom. The van der Waals surface area contributed by atoms with Gasteiger partial charge in [-0.3, -0.25) is 14.9 Å². The second kappa shape index (κ2) is 9.90. The maximum Gasteiger partial charge on any atom is 0.338 e. The molecule has 184 valence electrons. The normalized spacial score (nSPS) is 14.9. The molecule has 2 N–H and O–H groups in total. The van der Waals surface area contributed by atoms with E-state index in [2.05, 4.69) is 5.10 Å². The molecule has 0 saturated carbocycles. The van der Waals surface area contributed by atoms with Crippen LogP contribution in [-0.2, 0) is 9.53 Å². The monoisotopic (exact) mass is 494 g/mol. The van der Waals surface area contributed by atoms with Crippen molar-refractivity contribution in [1.82, 2.24) is 5.01 Å². The molecule has 5 rings (SSSR count). The standard InChI is InChI=1S/C28H22N4O5/c29-23-13-12-22(15-26(23)32(35)36)28(34)37-17-27(33)31-25(19-7-2-1-3-8-19)16-24(30-31)21-11-10-18-6-4-5-9-20(18)14-21/h1-15,25H,16-17,29H2. The number of carbonyl (C=O) groups is 2. The lowest BCUT2D eigenvalue weighted by Crippen LogP contribution is -2.31. The zero-order valence-corrected chi connectivity index (χ0v) is 19.6. The van der Waals surface area contributed by atoms with Crippen LogP contribution >= 0.6 is 0 Å². The molecule has 4 aromatic carbocycles. The molecule has 0 aliphatic carbocycles. The van der Waals surface area contributed by atoms with E-state index < -0.39 is 29.1 Å². The molecule has 0 fully saturated rings. The van der Waals surface area contributed by atoms with Crippen LogP contribution in [0.2, 0.25) is 0 Å². The number of benzene rings is 4. The van der Waals surface area contributed by atoms with Crippen LogP contribution in [0.5, 0.6) is 0 Å². The molecule has 9 heteroatoms. The SMILES string of the molecule is Nc1ccc(C(=O)OCC(=O)N2N=C(c3ccc4ccccc4c3)CC2c2ccccc2)cc1[N+](=O)[O-]. The molecule has 9 nitrogen and oxygen atoms in total. The Morgan fingerprint density at radius 2 is 1.70 bits per heavy atom. The van der Waals surface area contributed by atoms with E-state index >= 15 is 0 Å². The number of carbonyl (C=O) groups excluding carboxylic acids is 2. The fourth-order valence-corrected chi connectivity index (χ4v) is 4.32. The minimum absolute atomic E-state index is 0.0732. The van der Waals surface area contributed by atoms with Gasteiger partial charge in [-0.15, -0.1) is 0 Å². The van der Waals surface area contributed by atoms with E-state index in [4.69, 9.17) is 10.5 Å². The maximum atomic E-state index is 13.2. The molecule has 0 bridgehead atoms. The van der Waals surface area contributed by atoms with Crippen molar-refractivity contribution >= 4 is 39.7 Å². The molecule has 0 saturated heterocycles. The summed E-state index contributed by atoms with van der Waals surface area (Å²) in [7, 11) is 0. The number of rotatable bonds is 6. The topological polar surface area (TPSA) is 128 Å². The van der Waals surface area contributed by atoms with Crippen molar-refractivity contribution < 1.29 is 19.2 Å². The van der Waals surface area contributed by atoms with Gasteiger partial charge in [0.05, 0.1) is 22.2 Å². The van der Waals surface area contributed by atoms with Crippen LogP contribution in [-0.4, -0.2) is 34.1 Å². The molecular formula is C28H22N4O5. The summed E-state index contributed by atoms with van der Waals surface area (Å²) in [6.45, 7) is -0.575. The first kappa shape index (κ1) is 23.7. The second-order valence-corrected chi connectivity index (χ2v) is 8.58. The van der Waals surface area contributed by atoms with Gasteiger partial charge >= 0.3 is 5.97 Å². The number of fused-ring (bicyclic) bond motifs is 1. The third kappa shape index (κ3) is 4.87. The number of esters is 1. The van der Waals surface area contributed by atoms with Crippen molar-refractivity contribution in [2.45, 2.75) is 12.5 Å². The van der Waals surface area contributed by atoms with Crippen LogP contribution in [0.3, 0.4) is 0 Å². The molecule has 1 atom stereocenters. The van der Waals surface area contributed by atoms with Gasteiger partial charge < -0.3 is 10.5 Å². The van der Waals surface area contributed by atoms with E-state index in [1.807, 2.05) is 72.8 Å². The molecule has 0 radical (unpaired) electrons. The first-order chi connectivity index (χ1) is 17.9. The molecule has 0 aromatic heterocycles. The summed E-state index contributed by atoms with van der Waals surface area (Å²) in [5.41, 5.74) is 7.58. The number of hydrazone groups is 1. The molecule has 37 heavy (non-hydrogen) atoms. The summed E-state index contributed by atoms with van der Waals surface area (Å²) in [5, 5.41) is 19.3. The summed E-state index contributed by atoms with van der Waals surface area (Å²) >= 11 is 0. The van der Waals surface area contributed by atoms with Gasteiger partial charge in [-0.25, -0.2) is 9.80 Å². The highest BCUT2D eigenvalue weighted by molar-refractivity contribution is 6.05. The number of amides is 1. The first-order valence-corrected chi connectivity index (χ1v) is 11.6. The summed E-state index contributed by atoms with van der Waals surface area (Å²) in [4.78, 5) is 36.2. The van der Waals surface area contributed by atoms with Gasteiger partial charge in [0.1, 0.15) is 5.69 Å². The fourth-order valence-electron chi connectivity index (χ4n) is 4.32. The smallest absolute Gasteiger partial charge is 0.338 e. The van der Waals surface area contributed by atoms with Crippen LogP contribution in [0.15, 0.2) is 96.1 Å². The van der Waals surface area contributed by atoms with E-state index in [0.717, 1.165) is 33.7 Å². The molecule has 1 heterocycles. The van der Waals surface area contributed by atoms with Crippen LogP contribution in [0.25, 0.3) is 10.8 Å². The summed E-state index contributed by atoms with van der Waals surface area (Å²) < 4.78 is 5.20. The molecule has 4 aromatic rings. The molecule has 1 amide bonds. The van der Waals surface area contributed by atoms with Gasteiger partial charge in [0.2, 0.25) is 0 Å². The lowest BCUT2D eigenvalue weighted by molar-refractivity contribution is -0.383. The molecule has 1 aliphatic rings. The molecule has 1 unspecified atom stereocenters. The highest BCUT2D eigenvalue weighted by atomic mass is 16.6. The predicted octanol–water partition coefficient (Wildman–Crippen LogP) is 4.86. The van der Waals surface area contributed by atoms with Gasteiger partial charge in [0, 0.05) is 12.5 Å². The zero-order chi connectivity index (χ0) is 25.9. The molecule has 0 spiro atoms. The number of nitro benzene ring substituents is 1. The minimum Gasteiger partial charge on any atom is -0.452 e. The highest BCUT2D eigenvalue weighted by Crippen LogP contribution is 2.33. The second-order valence-electron chi connectivity index (χ2n) is 8.58. The Balaban J connectivity index is 1.38. The van der Waals surface area contributed by atoms with Crippen molar-refractivity contribution in [3.8, 4) is 0 Å². The number of ether oxygens (including phenoxy) is 1. The number of hydrogen-bond acceptors (Lipinski definition) is 7. The van der Waals surface area contributed by atoms with Crippen LogP contribution in [0, 0.1) is 10.1 Å². The van der Waals surface area contributed by atoms with Crippen LogP contribution < -0.4 is 5.73 Å². The number of nitrogens with two attached hydrogens (primary N) is 1. The third-order valence-corrected chi connectivity index (χ3v) is 6.22. The van der Waals surface area contributed by atoms with Crippen molar-refractivity contribution in [3.63, 3.8) is 0 Å². The lowest BCUT2D eigenvalue weighted by Gasteiger charge is -2.21. The Bertz CT molecular complexity index is 1550. The van der Waals surface area contributed by atoms with E-state index in [0.29, 0.717) is 6.42 Å². The van der Waals surface area contributed by atoms with Gasteiger partial charge in [0.25, 0.3) is 11.6 Å². The van der Waals surface area contributed by atoms with Crippen LogP contribution in [0.4, 0.5) is 11.4 Å². The summed E-state index contributed by atoms with van der Waals surface area (Å²) in [6, 6.07) is 26.8. The van der Waals surface area contributed by atoms with Gasteiger partial charge in [0.15, 0.2) is 6.61 Å². The summed E-state index contributed by atoms with van der Waals surface area (Å²) in [6.07, 6.45) is 0.492. The fraction of sp³-hybridized carbons (Fsp3) is 0.107. The van der Waals surface area contributed by atoms with Crippen LogP contribution in [0.1, 0.15) is 33.9 Å². The molecule has 1 aliphatic heterocycles. The summed E-state index contributed by atoms with van der Waals surface area (Å²) in [5.74, 6) is -1.38. The highest BCUT2D eigenvalue weighted by Gasteiger charge is 2.33. The van der Waals surface area contributed by atoms with E-state index in [1.165, 1.54) is 17.1 Å². The van der Waals surface area contributed by atoms with Crippen molar-refractivity contribution in [1.29, 1.82) is 0 Å². The van der Waals surface area contributed by atoms with E-state index in [-0.39, 0.29) is 17.3 Å². The quantitative estimate of drug-likeness (QED) is 0.176. The number of nitro groups is 1. The van der Waals surface area contributed by atoms with E-state index in [1.54, 1.807) is 0 Å². The third-order valence-electron chi connectivity index (χ3n) is 6.22. The average Bonchev–Trinajstić information content (AvgIpc) is 3.37. The maximum absolute atomic E-state index is 13.2. The van der Waals surface area contributed by atoms with Gasteiger partial charge in [-0.05, 0) is 40.1 Å². The Hall–Kier alpha value is -5.05. The van der Waals surface area contributed by atoms with Crippen molar-refractivity contribution in [2.75, 3.05) is 12.3 Å². The number of nitrogen functional groups attached to an aromatic ring is 1. The van der Waals surface area contributed by atoms with Gasteiger partial charge in [-0.1, -0.05) is 66.7 Å². The largest absolute Gasteiger partial charge is 0.452 e. The average molecular weight is 495 g/mol. The number of nitrogens with zero attached hydrogens (tertiary/aromatic N) is 3. The molecular weight excluding hydrogens is 472 g/mol. The Labute approximate surface area is 211 Å². The van der Waals surface area contributed by atoms with Crippen molar-refractivity contribution in [3.05, 3.63) is 118 Å². The van der Waals surface area contributed by atoms with E-state index in [9.17, 15) is 19.7 Å².